The largest absolute Gasteiger partial charge is 0.465 e. The number of carbonyl (C=O) groups excluding carboxylic acids is 3. The predicted octanol–water partition coefficient (Wildman–Crippen LogP) is 3.85. The number of ketones is 1. The number of aromatic nitrogens is 2. The van der Waals surface area contributed by atoms with Crippen LogP contribution in [0.2, 0.25) is 0 Å². The Morgan fingerprint density at radius 3 is 2.40 bits per heavy atom. The third-order valence-electron chi connectivity index (χ3n) is 5.16. The first-order valence-electron chi connectivity index (χ1n) is 9.78. The topological polar surface area (TPSA) is 79.5 Å². The van der Waals surface area contributed by atoms with Crippen molar-refractivity contribution in [3.8, 4) is 0 Å². The second-order valence-corrected chi connectivity index (χ2v) is 7.51. The first kappa shape index (κ1) is 21.4. The zero-order valence-corrected chi connectivity index (χ0v) is 17.9. The number of ether oxygens (including phenoxy) is 2. The molecule has 0 unspecified atom stereocenters. The van der Waals surface area contributed by atoms with Gasteiger partial charge in [-0.25, -0.2) is 4.79 Å². The van der Waals surface area contributed by atoms with Gasteiger partial charge in [0.25, 0.3) is 0 Å². The molecule has 0 amide bonds. The zero-order valence-electron chi connectivity index (χ0n) is 17.9. The Morgan fingerprint density at radius 2 is 1.77 bits per heavy atom. The molecule has 3 rings (SSSR count). The summed E-state index contributed by atoms with van der Waals surface area (Å²) in [6.07, 6.45) is 1.57. The number of nitrogens with zero attached hydrogens (tertiary/aromatic N) is 2. The molecule has 7 nitrogen and oxygen atoms in total. The van der Waals surface area contributed by atoms with Crippen LogP contribution >= 0.6 is 0 Å². The molecule has 158 valence electrons. The fourth-order valence-electron chi connectivity index (χ4n) is 3.91. The Kier molecular flexibility index (Phi) is 6.10. The fraction of sp³-hybridized carbons (Fsp3) is 0.348. The van der Waals surface area contributed by atoms with Gasteiger partial charge in [-0.1, -0.05) is 18.2 Å². The molecule has 0 fully saturated rings. The molecule has 2 heterocycles. The van der Waals surface area contributed by atoms with Crippen LogP contribution < -0.4 is 0 Å². The second kappa shape index (κ2) is 8.57. The van der Waals surface area contributed by atoms with E-state index in [1.165, 1.54) is 7.11 Å². The Balaban J connectivity index is 1.72. The molecular formula is C23H26N2O5. The van der Waals surface area contributed by atoms with E-state index in [0.717, 1.165) is 11.4 Å². The Labute approximate surface area is 175 Å². The quantitative estimate of drug-likeness (QED) is 0.437. The zero-order chi connectivity index (χ0) is 22.0. The van der Waals surface area contributed by atoms with E-state index in [0.29, 0.717) is 22.0 Å². The average Bonchev–Trinajstić information content (AvgIpc) is 3.22. The lowest BCUT2D eigenvalue weighted by molar-refractivity contribution is -0.143. The van der Waals surface area contributed by atoms with Crippen LogP contribution in [0.4, 0.5) is 0 Å². The van der Waals surface area contributed by atoms with Crippen molar-refractivity contribution in [3.63, 3.8) is 0 Å². The lowest BCUT2D eigenvalue weighted by atomic mass is 10.1. The van der Waals surface area contributed by atoms with Gasteiger partial charge in [0.2, 0.25) is 5.78 Å². The molecule has 1 aromatic carbocycles. The maximum absolute atomic E-state index is 12.6. The van der Waals surface area contributed by atoms with Crippen LogP contribution in [0.3, 0.4) is 0 Å². The molecule has 0 radical (unpaired) electrons. The van der Waals surface area contributed by atoms with E-state index in [2.05, 4.69) is 18.4 Å². The van der Waals surface area contributed by atoms with Crippen molar-refractivity contribution in [2.45, 2.75) is 40.3 Å². The van der Waals surface area contributed by atoms with Crippen molar-refractivity contribution < 1.29 is 23.9 Å². The molecule has 0 N–H and O–H groups in total. The van der Waals surface area contributed by atoms with E-state index in [1.807, 2.05) is 32.0 Å². The van der Waals surface area contributed by atoms with E-state index in [-0.39, 0.29) is 25.0 Å². The van der Waals surface area contributed by atoms with Crippen molar-refractivity contribution in [1.29, 1.82) is 0 Å². The molecule has 0 spiro atoms. The summed E-state index contributed by atoms with van der Waals surface area (Å²) in [5, 5.41) is 0.689. The van der Waals surface area contributed by atoms with E-state index in [1.54, 1.807) is 22.9 Å². The van der Waals surface area contributed by atoms with Crippen LogP contribution in [0.1, 0.15) is 52.0 Å². The van der Waals surface area contributed by atoms with E-state index >= 15 is 0 Å². The van der Waals surface area contributed by atoms with Gasteiger partial charge in [0.05, 0.1) is 12.7 Å². The molecule has 0 saturated heterocycles. The molecule has 0 atom stereocenters. The lowest BCUT2D eigenvalue weighted by Gasteiger charge is -2.13. The summed E-state index contributed by atoms with van der Waals surface area (Å²) >= 11 is 0. The molecule has 0 aliphatic carbocycles. The minimum Gasteiger partial charge on any atom is -0.465 e. The molecular weight excluding hydrogens is 384 g/mol. The van der Waals surface area contributed by atoms with Gasteiger partial charge in [0.1, 0.15) is 6.54 Å². The van der Waals surface area contributed by atoms with Crippen LogP contribution in [0, 0.1) is 13.8 Å². The minimum atomic E-state index is -0.557. The Bertz CT molecular complexity index is 1120. The predicted molar refractivity (Wildman–Crippen MR) is 113 cm³/mol. The van der Waals surface area contributed by atoms with Crippen LogP contribution in [0.25, 0.3) is 10.9 Å². The van der Waals surface area contributed by atoms with E-state index < -0.39 is 11.9 Å². The van der Waals surface area contributed by atoms with Gasteiger partial charge in [-0.3, -0.25) is 9.59 Å². The number of hydrogen-bond acceptors (Lipinski definition) is 5. The van der Waals surface area contributed by atoms with Gasteiger partial charge in [-0.2, -0.15) is 0 Å². The van der Waals surface area contributed by atoms with Gasteiger partial charge < -0.3 is 18.6 Å². The number of hydrogen-bond donors (Lipinski definition) is 0. The van der Waals surface area contributed by atoms with Gasteiger partial charge in [0, 0.05) is 40.1 Å². The number of para-hydroxylation sites is 1. The monoisotopic (exact) mass is 410 g/mol. The Morgan fingerprint density at radius 1 is 1.07 bits per heavy atom. The van der Waals surface area contributed by atoms with Crippen LogP contribution in [-0.2, 0) is 20.8 Å². The van der Waals surface area contributed by atoms with Crippen molar-refractivity contribution >= 4 is 28.6 Å². The average molecular weight is 410 g/mol. The summed E-state index contributed by atoms with van der Waals surface area (Å²) in [5.41, 5.74) is 3.50. The number of fused-ring (bicyclic) bond motifs is 1. The van der Waals surface area contributed by atoms with Gasteiger partial charge in [0.15, 0.2) is 6.61 Å². The normalized spacial score (nSPS) is 11.1. The highest BCUT2D eigenvalue weighted by Gasteiger charge is 2.20. The molecule has 30 heavy (non-hydrogen) atoms. The van der Waals surface area contributed by atoms with E-state index in [4.69, 9.17) is 9.47 Å². The highest BCUT2D eigenvalue weighted by atomic mass is 16.5. The summed E-state index contributed by atoms with van der Waals surface area (Å²) in [6, 6.07) is 9.29. The van der Waals surface area contributed by atoms with Crippen LogP contribution in [0.5, 0.6) is 0 Å². The molecule has 0 saturated carbocycles. The number of Topliss-reactive ketones (excluding diaryl/α,β-unsaturated/α-hetero) is 1. The summed E-state index contributed by atoms with van der Waals surface area (Å²) in [6.45, 7) is 7.50. The third-order valence-corrected chi connectivity index (χ3v) is 5.16. The van der Waals surface area contributed by atoms with Gasteiger partial charge in [-0.05, 0) is 39.8 Å². The molecule has 3 aromatic rings. The smallest absolute Gasteiger partial charge is 0.340 e. The van der Waals surface area contributed by atoms with Gasteiger partial charge in [-0.15, -0.1) is 0 Å². The fourth-order valence-corrected chi connectivity index (χ4v) is 3.91. The summed E-state index contributed by atoms with van der Waals surface area (Å²) in [4.78, 5) is 37.0. The first-order valence-corrected chi connectivity index (χ1v) is 9.78. The third kappa shape index (κ3) is 4.01. The van der Waals surface area contributed by atoms with Crippen molar-refractivity contribution in [3.05, 3.63) is 59.0 Å². The number of benzene rings is 1. The van der Waals surface area contributed by atoms with Crippen LogP contribution in [-0.4, -0.2) is 40.6 Å². The number of aryl methyl sites for hydroxylation is 1. The molecule has 7 heteroatoms. The number of carbonyl (C=O) groups is 3. The van der Waals surface area contributed by atoms with Gasteiger partial charge >= 0.3 is 11.9 Å². The lowest BCUT2D eigenvalue weighted by Crippen LogP contribution is -2.18. The summed E-state index contributed by atoms with van der Waals surface area (Å²) in [7, 11) is 1.31. The molecule has 0 aliphatic rings. The second-order valence-electron chi connectivity index (χ2n) is 7.51. The highest BCUT2D eigenvalue weighted by molar-refractivity contribution is 6.04. The standard InChI is InChI=1S/C23H26N2O5/c1-14(2)25-15(3)10-18(16(25)4)21(26)13-30-22(27)12-24-11-19(23(28)29-5)17-8-6-7-9-20(17)24/h6-11,14H,12-13H2,1-5H3. The summed E-state index contributed by atoms with van der Waals surface area (Å²) < 4.78 is 13.8. The number of rotatable bonds is 7. The molecule has 2 aromatic heterocycles. The minimum absolute atomic E-state index is 0.115. The van der Waals surface area contributed by atoms with Crippen LogP contribution in [0.15, 0.2) is 36.5 Å². The SMILES string of the molecule is COC(=O)c1cn(CC(=O)OCC(=O)c2cc(C)n(C(C)C)c2C)c2ccccc12. The maximum Gasteiger partial charge on any atom is 0.340 e. The Hall–Kier alpha value is -3.35. The van der Waals surface area contributed by atoms with Crippen molar-refractivity contribution in [2.24, 2.45) is 0 Å². The van der Waals surface area contributed by atoms with E-state index in [9.17, 15) is 14.4 Å². The molecule has 0 bridgehead atoms. The first-order chi connectivity index (χ1) is 14.2. The highest BCUT2D eigenvalue weighted by Crippen LogP contribution is 2.23. The number of methoxy groups -OCH3 is 1. The van der Waals surface area contributed by atoms with Crippen molar-refractivity contribution in [1.82, 2.24) is 9.13 Å². The number of esters is 2. The summed E-state index contributed by atoms with van der Waals surface area (Å²) in [5.74, 6) is -1.27. The molecule has 0 aliphatic heterocycles. The van der Waals surface area contributed by atoms with Crippen molar-refractivity contribution in [2.75, 3.05) is 13.7 Å². The maximum atomic E-state index is 12.6.